The number of aromatic nitrogens is 1. The van der Waals surface area contributed by atoms with Gasteiger partial charge in [0.2, 0.25) is 0 Å². The summed E-state index contributed by atoms with van der Waals surface area (Å²) >= 11 is 1.76. The maximum atomic E-state index is 11.7. The first-order chi connectivity index (χ1) is 10.3. The monoisotopic (exact) mass is 302 g/mol. The van der Waals surface area contributed by atoms with Crippen LogP contribution in [0.3, 0.4) is 0 Å². The largest absolute Gasteiger partial charge is 0.348 e. The van der Waals surface area contributed by atoms with Gasteiger partial charge in [-0.2, -0.15) is 0 Å². The van der Waals surface area contributed by atoms with Crippen molar-refractivity contribution in [2.45, 2.75) is 18.9 Å². The number of carbonyl (C=O) groups excluding carboxylic acids is 1. The van der Waals surface area contributed by atoms with Crippen molar-refractivity contribution in [1.29, 1.82) is 0 Å². The van der Waals surface area contributed by atoms with Crippen molar-refractivity contribution in [2.75, 3.05) is 31.1 Å². The second-order valence-corrected chi connectivity index (χ2v) is 6.62. The van der Waals surface area contributed by atoms with Crippen molar-refractivity contribution in [1.82, 2.24) is 15.2 Å². The molecule has 5 nitrogen and oxygen atoms in total. The molecule has 0 aliphatic carbocycles. The predicted octanol–water partition coefficient (Wildman–Crippen LogP) is 2.29. The Hall–Kier alpha value is -1.82. The van der Waals surface area contributed by atoms with E-state index in [2.05, 4.69) is 28.4 Å². The van der Waals surface area contributed by atoms with Crippen LogP contribution < -0.4 is 10.2 Å². The Bertz CT molecular complexity index is 629. The fourth-order valence-corrected chi connectivity index (χ4v) is 4.22. The number of urea groups is 1. The summed E-state index contributed by atoms with van der Waals surface area (Å²) in [4.78, 5) is 20.8. The third-order valence-electron chi connectivity index (χ3n) is 4.35. The molecule has 1 N–H and O–H groups in total. The molecule has 2 aliphatic rings. The number of thiazole rings is 1. The molecule has 1 aromatic heterocycles. The number of nitrogens with zero attached hydrogens (tertiary/aromatic N) is 3. The molecule has 0 unspecified atom stereocenters. The molecule has 1 aromatic carbocycles. The van der Waals surface area contributed by atoms with E-state index in [1.165, 1.54) is 4.70 Å². The van der Waals surface area contributed by atoms with Crippen LogP contribution in [0, 0.1) is 0 Å². The third kappa shape index (κ3) is 2.33. The molecule has 0 saturated carbocycles. The molecule has 21 heavy (non-hydrogen) atoms. The first-order valence-electron chi connectivity index (χ1n) is 7.46. The van der Waals surface area contributed by atoms with Gasteiger partial charge in [0.05, 0.1) is 10.2 Å². The lowest BCUT2D eigenvalue weighted by Gasteiger charge is -2.35. The fourth-order valence-electron chi connectivity index (χ4n) is 3.20. The van der Waals surface area contributed by atoms with Crippen LogP contribution in [-0.2, 0) is 0 Å². The fraction of sp³-hybridized carbons (Fsp3) is 0.467. The molecule has 4 rings (SSSR count). The minimum absolute atomic E-state index is 0.105. The summed E-state index contributed by atoms with van der Waals surface area (Å²) < 4.78 is 1.24. The number of hydrogen-bond acceptors (Lipinski definition) is 4. The number of nitrogens with one attached hydrogen (secondary N) is 1. The van der Waals surface area contributed by atoms with Crippen LogP contribution in [0.2, 0.25) is 0 Å². The number of benzene rings is 1. The molecule has 0 spiro atoms. The lowest BCUT2D eigenvalue weighted by molar-refractivity contribution is 0.186. The zero-order chi connectivity index (χ0) is 14.2. The first kappa shape index (κ1) is 12.9. The SMILES string of the molecule is O=C1NCCN1C1CCN(c2nc3ccccc3s2)CC1. The number of fused-ring (bicyclic) bond motifs is 1. The number of rotatable bonds is 2. The summed E-state index contributed by atoms with van der Waals surface area (Å²) in [6.45, 7) is 3.60. The van der Waals surface area contributed by atoms with Gasteiger partial charge in [0.1, 0.15) is 0 Å². The Labute approximate surface area is 127 Å². The summed E-state index contributed by atoms with van der Waals surface area (Å²) in [7, 11) is 0. The normalized spacial score (nSPS) is 20.3. The highest BCUT2D eigenvalue weighted by Gasteiger charge is 2.31. The average Bonchev–Trinajstić information content (AvgIpc) is 3.13. The number of para-hydroxylation sites is 1. The van der Waals surface area contributed by atoms with Crippen molar-refractivity contribution >= 4 is 32.7 Å². The van der Waals surface area contributed by atoms with Crippen LogP contribution in [0.4, 0.5) is 9.93 Å². The zero-order valence-corrected chi connectivity index (χ0v) is 12.6. The van der Waals surface area contributed by atoms with Crippen LogP contribution in [-0.4, -0.2) is 48.1 Å². The summed E-state index contributed by atoms with van der Waals surface area (Å²) in [6, 6.07) is 8.77. The van der Waals surface area contributed by atoms with Crippen molar-refractivity contribution in [3.05, 3.63) is 24.3 Å². The van der Waals surface area contributed by atoms with Crippen molar-refractivity contribution in [2.24, 2.45) is 0 Å². The number of hydrogen-bond donors (Lipinski definition) is 1. The first-order valence-corrected chi connectivity index (χ1v) is 8.28. The topological polar surface area (TPSA) is 48.5 Å². The van der Waals surface area contributed by atoms with Crippen molar-refractivity contribution in [3.8, 4) is 0 Å². The molecule has 2 aromatic rings. The van der Waals surface area contributed by atoms with Gasteiger partial charge in [0, 0.05) is 32.2 Å². The molecule has 2 fully saturated rings. The smallest absolute Gasteiger partial charge is 0.317 e. The summed E-state index contributed by atoms with van der Waals surface area (Å²) in [5.74, 6) is 0. The van der Waals surface area contributed by atoms with Gasteiger partial charge in [-0.25, -0.2) is 9.78 Å². The van der Waals surface area contributed by atoms with Gasteiger partial charge in [-0.3, -0.25) is 0 Å². The van der Waals surface area contributed by atoms with E-state index in [1.54, 1.807) is 11.3 Å². The maximum Gasteiger partial charge on any atom is 0.317 e. The zero-order valence-electron chi connectivity index (χ0n) is 11.8. The molecule has 110 valence electrons. The minimum Gasteiger partial charge on any atom is -0.348 e. The van der Waals surface area contributed by atoms with Gasteiger partial charge in [0.15, 0.2) is 5.13 Å². The molecular weight excluding hydrogens is 284 g/mol. The summed E-state index contributed by atoms with van der Waals surface area (Å²) in [5, 5.41) is 4.00. The van der Waals surface area contributed by atoms with E-state index in [1.807, 2.05) is 11.0 Å². The maximum absolute atomic E-state index is 11.7. The van der Waals surface area contributed by atoms with Crippen LogP contribution in [0.25, 0.3) is 10.2 Å². The van der Waals surface area contributed by atoms with Crippen LogP contribution in [0.15, 0.2) is 24.3 Å². The van der Waals surface area contributed by atoms with Crippen LogP contribution in [0.1, 0.15) is 12.8 Å². The molecule has 0 bridgehead atoms. The Balaban J connectivity index is 1.46. The van der Waals surface area contributed by atoms with E-state index in [-0.39, 0.29) is 6.03 Å². The number of amides is 2. The van der Waals surface area contributed by atoms with Gasteiger partial charge in [-0.05, 0) is 25.0 Å². The van der Waals surface area contributed by atoms with Gasteiger partial charge < -0.3 is 15.1 Å². The van der Waals surface area contributed by atoms with Crippen LogP contribution >= 0.6 is 11.3 Å². The molecule has 2 amide bonds. The summed E-state index contributed by atoms with van der Waals surface area (Å²) in [6.07, 6.45) is 2.06. The molecular formula is C15H18N4OS. The second kappa shape index (κ2) is 5.18. The van der Waals surface area contributed by atoms with E-state index in [0.29, 0.717) is 6.04 Å². The Morgan fingerprint density at radius 1 is 1.19 bits per heavy atom. The Morgan fingerprint density at radius 2 is 2.00 bits per heavy atom. The lowest BCUT2D eigenvalue weighted by Crippen LogP contribution is -2.46. The lowest BCUT2D eigenvalue weighted by atomic mass is 10.0. The van der Waals surface area contributed by atoms with Crippen molar-refractivity contribution in [3.63, 3.8) is 0 Å². The standard InChI is InChI=1S/C15H18N4OS/c20-14-16-7-10-19(14)11-5-8-18(9-6-11)15-17-12-3-1-2-4-13(12)21-15/h1-4,11H,5-10H2,(H,16,20). The van der Waals surface area contributed by atoms with E-state index in [9.17, 15) is 4.79 Å². The number of anilines is 1. The molecule has 0 radical (unpaired) electrons. The van der Waals surface area contributed by atoms with Gasteiger partial charge >= 0.3 is 6.03 Å². The average molecular weight is 302 g/mol. The highest BCUT2D eigenvalue weighted by Crippen LogP contribution is 2.31. The number of carbonyl (C=O) groups is 1. The quantitative estimate of drug-likeness (QED) is 0.926. The molecule has 2 saturated heterocycles. The Morgan fingerprint density at radius 3 is 2.71 bits per heavy atom. The molecule has 2 aliphatic heterocycles. The molecule has 3 heterocycles. The molecule has 6 heteroatoms. The second-order valence-electron chi connectivity index (χ2n) is 5.61. The molecule has 0 atom stereocenters. The highest BCUT2D eigenvalue weighted by molar-refractivity contribution is 7.22. The summed E-state index contributed by atoms with van der Waals surface area (Å²) in [5.41, 5.74) is 1.08. The van der Waals surface area contributed by atoms with E-state index in [0.717, 1.165) is 49.7 Å². The van der Waals surface area contributed by atoms with Gasteiger partial charge in [0.25, 0.3) is 0 Å². The number of piperidine rings is 1. The Kier molecular flexibility index (Phi) is 3.18. The van der Waals surface area contributed by atoms with E-state index in [4.69, 9.17) is 4.98 Å². The van der Waals surface area contributed by atoms with Crippen molar-refractivity contribution < 1.29 is 4.79 Å². The van der Waals surface area contributed by atoms with E-state index >= 15 is 0 Å². The third-order valence-corrected chi connectivity index (χ3v) is 5.45. The van der Waals surface area contributed by atoms with Gasteiger partial charge in [-0.15, -0.1) is 0 Å². The predicted molar refractivity (Wildman–Crippen MR) is 85.0 cm³/mol. The highest BCUT2D eigenvalue weighted by atomic mass is 32.1. The van der Waals surface area contributed by atoms with E-state index < -0.39 is 0 Å². The van der Waals surface area contributed by atoms with Crippen LogP contribution in [0.5, 0.6) is 0 Å². The van der Waals surface area contributed by atoms with Gasteiger partial charge in [-0.1, -0.05) is 23.5 Å². The minimum atomic E-state index is 0.105.